The molecule has 14 nitrogen and oxygen atoms in total. The van der Waals surface area contributed by atoms with Crippen LogP contribution >= 0.6 is 11.8 Å². The van der Waals surface area contributed by atoms with E-state index in [1.54, 1.807) is 14.2 Å². The Labute approximate surface area is 332 Å². The van der Waals surface area contributed by atoms with Crippen LogP contribution in [0.1, 0.15) is 69.0 Å². The summed E-state index contributed by atoms with van der Waals surface area (Å²) in [4.78, 5) is 32.2. The van der Waals surface area contributed by atoms with Crippen LogP contribution in [0.25, 0.3) is 11.0 Å². The van der Waals surface area contributed by atoms with Crippen LogP contribution in [-0.2, 0) is 32.7 Å². The monoisotopic (exact) mass is 794 g/mol. The molecule has 2 saturated heterocycles. The minimum atomic E-state index is -1.40. The average molecular weight is 795 g/mol. The molecular weight excluding hydrogens is 753 g/mol. The molecule has 11 rings (SSSR count). The molecule has 0 amide bonds. The molecule has 15 heteroatoms. The van der Waals surface area contributed by atoms with Crippen molar-refractivity contribution < 1.29 is 47.5 Å². The number of piperazine rings is 1. The van der Waals surface area contributed by atoms with Crippen LogP contribution in [0.2, 0.25) is 0 Å². The molecule has 0 radical (unpaired) electrons. The third kappa shape index (κ3) is 4.87. The second-order valence-electron chi connectivity index (χ2n) is 15.7. The van der Waals surface area contributed by atoms with Crippen molar-refractivity contribution in [1.82, 2.24) is 15.1 Å². The normalized spacial score (nSPS) is 28.5. The zero-order valence-corrected chi connectivity index (χ0v) is 33.2. The largest absolute Gasteiger partial charge is 0.504 e. The van der Waals surface area contributed by atoms with Gasteiger partial charge in [0.15, 0.2) is 28.5 Å². The molecule has 0 saturated carbocycles. The number of nitriles is 1. The van der Waals surface area contributed by atoms with Crippen LogP contribution < -0.4 is 29.0 Å². The van der Waals surface area contributed by atoms with Gasteiger partial charge < -0.3 is 37.9 Å². The molecule has 0 unspecified atom stereocenters. The summed E-state index contributed by atoms with van der Waals surface area (Å²) in [5.74, 6) is 2.01. The number of phenolic OH excluding ortho intramolecular Hbond substituents is 1. The zero-order valence-electron chi connectivity index (χ0n) is 32.4. The summed E-state index contributed by atoms with van der Waals surface area (Å²) >= 11 is 1.50. The molecule has 3 aromatic carbocycles. The molecule has 7 atom stereocenters. The smallest absolute Gasteiger partial charge is 0.335 e. The number of aromatic hydroxyl groups is 1. The highest BCUT2D eigenvalue weighted by Crippen LogP contribution is 2.64. The predicted octanol–water partition coefficient (Wildman–Crippen LogP) is 5.03. The van der Waals surface area contributed by atoms with E-state index in [4.69, 9.17) is 32.8 Å². The summed E-state index contributed by atoms with van der Waals surface area (Å²) in [6, 6.07) is 7.62. The number of benzene rings is 3. The van der Waals surface area contributed by atoms with Crippen molar-refractivity contribution in [1.29, 1.82) is 5.26 Å². The van der Waals surface area contributed by atoms with E-state index in [9.17, 15) is 20.0 Å². The Morgan fingerprint density at radius 3 is 2.65 bits per heavy atom. The number of rotatable bonds is 3. The molecule has 4 aromatic rings. The number of aryl methyl sites for hydroxylation is 1. The van der Waals surface area contributed by atoms with Gasteiger partial charge in [-0.15, -0.1) is 11.8 Å². The Balaban J connectivity index is 1.24. The lowest BCUT2D eigenvalue weighted by atomic mass is 9.71. The quantitative estimate of drug-likeness (QED) is 0.210. The fourth-order valence-corrected chi connectivity index (χ4v) is 12.3. The lowest BCUT2D eigenvalue weighted by molar-refractivity contribution is -0.158. The fraction of sp³-hybridized carbons (Fsp3) is 0.452. The first-order valence-electron chi connectivity index (χ1n) is 19.1. The van der Waals surface area contributed by atoms with E-state index in [2.05, 4.69) is 27.3 Å². The maximum absolute atomic E-state index is 14.9. The van der Waals surface area contributed by atoms with Crippen LogP contribution in [0, 0.1) is 25.2 Å². The Morgan fingerprint density at radius 1 is 1.09 bits per heavy atom. The number of esters is 2. The van der Waals surface area contributed by atoms with Crippen LogP contribution in [0.3, 0.4) is 0 Å². The van der Waals surface area contributed by atoms with Crippen molar-refractivity contribution in [2.24, 2.45) is 0 Å². The number of carbonyl (C=O) groups is 2. The van der Waals surface area contributed by atoms with Crippen molar-refractivity contribution in [2.45, 2.75) is 74.6 Å². The third-order valence-corrected chi connectivity index (χ3v) is 14.4. The first-order valence-corrected chi connectivity index (χ1v) is 20.1. The molecule has 2 N–H and O–H groups in total. The van der Waals surface area contributed by atoms with Gasteiger partial charge in [0, 0.05) is 64.5 Å². The Bertz CT molecular complexity index is 2460. The summed E-state index contributed by atoms with van der Waals surface area (Å²) < 4.78 is 42.9. The Hall–Kier alpha value is -5.14. The minimum absolute atomic E-state index is 0.0530. The average Bonchev–Trinajstić information content (AvgIpc) is 3.84. The molecule has 7 aliphatic heterocycles. The molecule has 7 aliphatic rings. The molecule has 8 heterocycles. The van der Waals surface area contributed by atoms with Crippen LogP contribution in [0.15, 0.2) is 28.7 Å². The highest BCUT2D eigenvalue weighted by atomic mass is 32.2. The molecule has 57 heavy (non-hydrogen) atoms. The van der Waals surface area contributed by atoms with Crippen molar-refractivity contribution in [3.63, 3.8) is 0 Å². The van der Waals surface area contributed by atoms with E-state index in [1.165, 1.54) is 18.7 Å². The van der Waals surface area contributed by atoms with Gasteiger partial charge in [0.25, 0.3) is 0 Å². The zero-order chi connectivity index (χ0) is 39.7. The molecule has 1 spiro atoms. The molecule has 296 valence electrons. The number of methoxy groups -OCH3 is 2. The van der Waals surface area contributed by atoms with Gasteiger partial charge in [-0.1, -0.05) is 6.07 Å². The van der Waals surface area contributed by atoms with Gasteiger partial charge in [-0.05, 0) is 63.1 Å². The SMILES string of the molecule is COc1ccc2oc3c(c2c1)CCN[C@@]31CS[C@@H]2c3c(OC(C)=O)c(C)c4c(c3[C@H](COC1=O)N1[C@@H]2[C@@H]2c3c(cc(C)c(OC)c3O)C[C@H]([C@@H]1C#N)N2C)OCO4. The van der Waals surface area contributed by atoms with E-state index in [-0.39, 0.29) is 30.9 Å². The fourth-order valence-electron chi connectivity index (χ4n) is 10.6. The van der Waals surface area contributed by atoms with Crippen molar-refractivity contribution >= 4 is 34.7 Å². The summed E-state index contributed by atoms with van der Waals surface area (Å²) in [6.45, 7) is 5.38. The Kier molecular flexibility index (Phi) is 8.22. The van der Waals surface area contributed by atoms with Crippen molar-refractivity contribution in [2.75, 3.05) is 47.0 Å². The van der Waals surface area contributed by atoms with Gasteiger partial charge in [-0.3, -0.25) is 19.9 Å². The second kappa shape index (κ2) is 12.9. The summed E-state index contributed by atoms with van der Waals surface area (Å²) in [5, 5.41) is 27.1. The van der Waals surface area contributed by atoms with E-state index >= 15 is 0 Å². The van der Waals surface area contributed by atoms with Gasteiger partial charge in [-0.2, -0.15) is 5.26 Å². The van der Waals surface area contributed by atoms with E-state index in [0.717, 1.165) is 27.6 Å². The number of nitrogens with zero attached hydrogens (tertiary/aromatic N) is 3. The number of thioether (sulfide) groups is 1. The number of hydrogen-bond acceptors (Lipinski definition) is 15. The molecule has 4 bridgehead atoms. The third-order valence-electron chi connectivity index (χ3n) is 12.9. The van der Waals surface area contributed by atoms with Crippen molar-refractivity contribution in [3.8, 4) is 40.6 Å². The summed E-state index contributed by atoms with van der Waals surface area (Å²) in [7, 11) is 5.16. The van der Waals surface area contributed by atoms with Crippen molar-refractivity contribution in [3.05, 3.63) is 69.0 Å². The first kappa shape index (κ1) is 36.2. The van der Waals surface area contributed by atoms with Crippen LogP contribution in [-0.4, -0.2) is 91.9 Å². The van der Waals surface area contributed by atoms with Gasteiger partial charge in [-0.25, -0.2) is 4.79 Å². The summed E-state index contributed by atoms with van der Waals surface area (Å²) in [5.41, 5.74) is 4.56. The topological polar surface area (TPSA) is 165 Å². The van der Waals surface area contributed by atoms with Gasteiger partial charge >= 0.3 is 11.9 Å². The van der Waals surface area contributed by atoms with Gasteiger partial charge in [0.05, 0.1) is 37.6 Å². The highest BCUT2D eigenvalue weighted by molar-refractivity contribution is 7.99. The van der Waals surface area contributed by atoms with Gasteiger partial charge in [0.1, 0.15) is 35.5 Å². The number of furan rings is 1. The minimum Gasteiger partial charge on any atom is -0.504 e. The van der Waals surface area contributed by atoms with Crippen LogP contribution in [0.4, 0.5) is 0 Å². The number of ether oxygens (including phenoxy) is 6. The van der Waals surface area contributed by atoms with Crippen LogP contribution in [0.5, 0.6) is 34.5 Å². The van der Waals surface area contributed by atoms with E-state index < -0.39 is 46.9 Å². The maximum atomic E-state index is 14.9. The maximum Gasteiger partial charge on any atom is 0.335 e. The lowest BCUT2D eigenvalue weighted by Crippen LogP contribution is -2.69. The molecular formula is C42H42N4O10S. The molecule has 0 aliphatic carbocycles. The highest BCUT2D eigenvalue weighted by Gasteiger charge is 2.62. The first-order chi connectivity index (χ1) is 27.5. The number of phenols is 1. The molecule has 2 fully saturated rings. The lowest BCUT2D eigenvalue weighted by Gasteiger charge is -2.62. The number of carbonyl (C=O) groups excluding carboxylic acids is 2. The predicted molar refractivity (Wildman–Crippen MR) is 206 cm³/mol. The standard InChI is InChI=1S/C42H42N4O10S/c1-18-11-21-12-25-26(14-43)46-27-15-52-41(49)42(40-23(9-10-44-42)24-13-22(50-5)7-8-28(24)56-40)16-57-39(33(46)32(45(25)4)29(21)34(48)35(18)51-6)31-30(27)38-37(53-17-54-38)19(2)36(31)55-20(3)47/h7-8,11,13,25-27,32-33,39,44,48H,9-10,12,15-17H2,1-6H3/t25-,26+,27+,32+,33-,39-,42+/m1/s1. The van der Waals surface area contributed by atoms with Gasteiger partial charge in [0.2, 0.25) is 6.79 Å². The van der Waals surface area contributed by atoms with E-state index in [1.807, 2.05) is 39.1 Å². The number of fused-ring (bicyclic) bond motifs is 11. The summed E-state index contributed by atoms with van der Waals surface area (Å²) in [6.07, 6.45) is 1.12. The second-order valence-corrected chi connectivity index (χ2v) is 16.8. The van der Waals surface area contributed by atoms with E-state index in [0.29, 0.717) is 76.2 Å². The number of likely N-dealkylation sites (N-methyl/N-ethyl adjacent to an activating group) is 1. The number of nitrogens with one attached hydrogen (secondary N) is 1. The number of hydrogen-bond donors (Lipinski definition) is 2. The Morgan fingerprint density at radius 2 is 1.89 bits per heavy atom. The molecule has 1 aromatic heterocycles.